The molecule has 3 N–H and O–H groups in total. The van der Waals surface area contributed by atoms with Crippen LogP contribution >= 0.6 is 0 Å². The Kier molecular flexibility index (Phi) is 1.76. The molecule has 0 aliphatic carbocycles. The third-order valence-electron chi connectivity index (χ3n) is 2.11. The number of fused-ring (bicyclic) bond motifs is 1. The van der Waals surface area contributed by atoms with Gasteiger partial charge in [-0.3, -0.25) is 0 Å². The number of nitrogens with zero attached hydrogens (tertiary/aromatic N) is 1. The van der Waals surface area contributed by atoms with Crippen molar-refractivity contribution in [1.82, 2.24) is 15.0 Å². The molecule has 0 fully saturated rings. The number of anilines is 1. The van der Waals surface area contributed by atoms with Gasteiger partial charge in [-0.25, -0.2) is 4.98 Å². The van der Waals surface area contributed by atoms with Gasteiger partial charge in [0.2, 0.25) is 0 Å². The first kappa shape index (κ1) is 8.16. The number of nitrogens with one attached hydrogen (secondary N) is 3. The number of aromatic amines is 2. The Morgan fingerprint density at radius 2 is 2.15 bits per heavy atom. The molecule has 0 aromatic carbocycles. The van der Waals surface area contributed by atoms with Crippen molar-refractivity contribution in [1.29, 1.82) is 0 Å². The fourth-order valence-electron chi connectivity index (χ4n) is 1.32. The van der Waals surface area contributed by atoms with E-state index in [-0.39, 0.29) is 0 Å². The van der Waals surface area contributed by atoms with Gasteiger partial charge < -0.3 is 15.3 Å². The van der Waals surface area contributed by atoms with Crippen LogP contribution in [0.25, 0.3) is 11.2 Å². The molecule has 0 radical (unpaired) electrons. The van der Waals surface area contributed by atoms with E-state index in [1.807, 2.05) is 13.1 Å². The lowest BCUT2D eigenvalue weighted by molar-refractivity contribution is 0.798. The summed E-state index contributed by atoms with van der Waals surface area (Å²) >= 11 is 0. The summed E-state index contributed by atoms with van der Waals surface area (Å²) in [7, 11) is 1.88. The van der Waals surface area contributed by atoms with Gasteiger partial charge >= 0.3 is 0 Å². The molecule has 0 amide bonds. The Bertz CT molecular complexity index is 379. The molecule has 0 atom stereocenters. The number of aromatic nitrogens is 3. The smallest absolute Gasteiger partial charge is 0.136 e. The molecule has 2 heterocycles. The van der Waals surface area contributed by atoms with Crippen molar-refractivity contribution in [3.63, 3.8) is 0 Å². The SMILES string of the molecule is CNc1cc2nc(C(C)C)[nH]c2[nH]1. The summed E-state index contributed by atoms with van der Waals surface area (Å²) in [5.41, 5.74) is 1.99. The zero-order valence-electron chi connectivity index (χ0n) is 8.10. The molecule has 4 heteroatoms. The van der Waals surface area contributed by atoms with Gasteiger partial charge in [0, 0.05) is 19.0 Å². The van der Waals surface area contributed by atoms with E-state index in [1.165, 1.54) is 0 Å². The molecule has 2 aromatic heterocycles. The van der Waals surface area contributed by atoms with Crippen molar-refractivity contribution in [2.24, 2.45) is 0 Å². The molecule has 0 saturated carbocycles. The number of imidazole rings is 1. The van der Waals surface area contributed by atoms with E-state index in [1.54, 1.807) is 0 Å². The van der Waals surface area contributed by atoms with Crippen molar-refractivity contribution in [2.45, 2.75) is 19.8 Å². The summed E-state index contributed by atoms with van der Waals surface area (Å²) in [6.07, 6.45) is 0. The molecule has 0 aliphatic heterocycles. The number of hydrogen-bond donors (Lipinski definition) is 3. The molecular formula is C9H14N4. The second-order valence-corrected chi connectivity index (χ2v) is 3.47. The van der Waals surface area contributed by atoms with Gasteiger partial charge in [0.05, 0.1) is 0 Å². The van der Waals surface area contributed by atoms with E-state index in [0.717, 1.165) is 22.8 Å². The van der Waals surface area contributed by atoms with E-state index >= 15 is 0 Å². The van der Waals surface area contributed by atoms with Crippen LogP contribution < -0.4 is 5.32 Å². The second kappa shape index (κ2) is 2.80. The van der Waals surface area contributed by atoms with Crippen LogP contribution in [0.1, 0.15) is 25.6 Å². The van der Waals surface area contributed by atoms with Crippen LogP contribution in [0.2, 0.25) is 0 Å². The number of H-pyrrole nitrogens is 2. The topological polar surface area (TPSA) is 56.5 Å². The molecule has 4 nitrogen and oxygen atoms in total. The van der Waals surface area contributed by atoms with Gasteiger partial charge in [0.1, 0.15) is 22.8 Å². The predicted octanol–water partition coefficient (Wildman–Crippen LogP) is 2.06. The van der Waals surface area contributed by atoms with Crippen LogP contribution in [0, 0.1) is 0 Å². The summed E-state index contributed by atoms with van der Waals surface area (Å²) in [6.45, 7) is 4.24. The van der Waals surface area contributed by atoms with Crippen molar-refractivity contribution in [3.05, 3.63) is 11.9 Å². The number of rotatable bonds is 2. The highest BCUT2D eigenvalue weighted by atomic mass is 15.1. The van der Waals surface area contributed by atoms with Crippen molar-refractivity contribution >= 4 is 17.0 Å². The van der Waals surface area contributed by atoms with Crippen molar-refractivity contribution in [3.8, 4) is 0 Å². The summed E-state index contributed by atoms with van der Waals surface area (Å²) < 4.78 is 0. The normalized spacial score (nSPS) is 11.4. The van der Waals surface area contributed by atoms with Crippen LogP contribution in [0.4, 0.5) is 5.82 Å². The van der Waals surface area contributed by atoms with Gasteiger partial charge in [-0.1, -0.05) is 13.8 Å². The molecule has 13 heavy (non-hydrogen) atoms. The van der Waals surface area contributed by atoms with E-state index < -0.39 is 0 Å². The summed E-state index contributed by atoms with van der Waals surface area (Å²) in [6, 6.07) is 2.00. The second-order valence-electron chi connectivity index (χ2n) is 3.47. The van der Waals surface area contributed by atoms with Crippen LogP contribution in [-0.2, 0) is 0 Å². The first-order valence-corrected chi connectivity index (χ1v) is 4.47. The van der Waals surface area contributed by atoms with Gasteiger partial charge in [0.15, 0.2) is 0 Å². The van der Waals surface area contributed by atoms with Crippen LogP contribution in [0.15, 0.2) is 6.07 Å². The highest BCUT2D eigenvalue weighted by Gasteiger charge is 2.08. The molecule has 0 bridgehead atoms. The van der Waals surface area contributed by atoms with E-state index in [2.05, 4.69) is 34.1 Å². The standard InChI is InChI=1S/C9H14N4/c1-5(2)8-11-6-4-7(10-3)12-9(6)13-8/h4-5,10,12H,1-3H3,(H,11,13). The van der Waals surface area contributed by atoms with E-state index in [4.69, 9.17) is 0 Å². The summed E-state index contributed by atoms with van der Waals surface area (Å²) in [5, 5.41) is 3.04. The van der Waals surface area contributed by atoms with Crippen molar-refractivity contribution in [2.75, 3.05) is 12.4 Å². The fraction of sp³-hybridized carbons (Fsp3) is 0.444. The molecule has 2 aromatic rings. The maximum atomic E-state index is 4.45. The predicted molar refractivity (Wildman–Crippen MR) is 54.1 cm³/mol. The molecule has 0 unspecified atom stereocenters. The number of hydrogen-bond acceptors (Lipinski definition) is 2. The maximum Gasteiger partial charge on any atom is 0.136 e. The molecule has 70 valence electrons. The minimum absolute atomic E-state index is 0.443. The minimum Gasteiger partial charge on any atom is -0.375 e. The Hall–Kier alpha value is -1.45. The maximum absolute atomic E-state index is 4.45. The average Bonchev–Trinajstić information content (AvgIpc) is 2.58. The summed E-state index contributed by atoms with van der Waals surface area (Å²) in [5.74, 6) is 2.46. The lowest BCUT2D eigenvalue weighted by atomic mass is 10.2. The lowest BCUT2D eigenvalue weighted by Gasteiger charge is -1.97. The quantitative estimate of drug-likeness (QED) is 0.659. The van der Waals surface area contributed by atoms with E-state index in [0.29, 0.717) is 5.92 Å². The monoisotopic (exact) mass is 178 g/mol. The van der Waals surface area contributed by atoms with Gasteiger partial charge in [0.25, 0.3) is 0 Å². The van der Waals surface area contributed by atoms with Crippen LogP contribution in [0.3, 0.4) is 0 Å². The lowest BCUT2D eigenvalue weighted by Crippen LogP contribution is -1.90. The largest absolute Gasteiger partial charge is 0.375 e. The molecule has 2 rings (SSSR count). The Balaban J connectivity index is 2.48. The first-order valence-electron chi connectivity index (χ1n) is 4.47. The van der Waals surface area contributed by atoms with Gasteiger partial charge in [-0.15, -0.1) is 0 Å². The molecule has 0 saturated heterocycles. The highest BCUT2D eigenvalue weighted by molar-refractivity contribution is 5.77. The Morgan fingerprint density at radius 1 is 1.38 bits per heavy atom. The Labute approximate surface area is 76.8 Å². The van der Waals surface area contributed by atoms with Crippen LogP contribution in [-0.4, -0.2) is 22.0 Å². The first-order chi connectivity index (χ1) is 6.20. The summed E-state index contributed by atoms with van der Waals surface area (Å²) in [4.78, 5) is 10.9. The zero-order valence-corrected chi connectivity index (χ0v) is 8.10. The Morgan fingerprint density at radius 3 is 2.69 bits per heavy atom. The average molecular weight is 178 g/mol. The van der Waals surface area contributed by atoms with E-state index in [9.17, 15) is 0 Å². The van der Waals surface area contributed by atoms with Gasteiger partial charge in [-0.2, -0.15) is 0 Å². The van der Waals surface area contributed by atoms with Crippen molar-refractivity contribution < 1.29 is 0 Å². The highest BCUT2D eigenvalue weighted by Crippen LogP contribution is 2.19. The third-order valence-corrected chi connectivity index (χ3v) is 2.11. The third kappa shape index (κ3) is 1.28. The minimum atomic E-state index is 0.443. The molecule has 0 spiro atoms. The van der Waals surface area contributed by atoms with Crippen LogP contribution in [0.5, 0.6) is 0 Å². The molecular weight excluding hydrogens is 164 g/mol. The fourth-order valence-corrected chi connectivity index (χ4v) is 1.32. The zero-order chi connectivity index (χ0) is 9.42. The molecule has 0 aliphatic rings. The van der Waals surface area contributed by atoms with Gasteiger partial charge in [-0.05, 0) is 0 Å².